The first-order valence-corrected chi connectivity index (χ1v) is 6.88. The summed E-state index contributed by atoms with van der Waals surface area (Å²) in [6.45, 7) is 0. The Kier molecular flexibility index (Phi) is 3.72. The van der Waals surface area contributed by atoms with E-state index in [0.29, 0.717) is 5.56 Å². The van der Waals surface area contributed by atoms with Crippen LogP contribution in [0.5, 0.6) is 0 Å². The normalized spacial score (nSPS) is 11.4. The molecule has 0 aliphatic carbocycles. The SMILES string of the molecule is FC(F)(F)c1ccccc1-c1cccc(-c2ccccc2)c1. The minimum Gasteiger partial charge on any atom is -0.166 e. The van der Waals surface area contributed by atoms with Crippen LogP contribution < -0.4 is 0 Å². The van der Waals surface area contributed by atoms with Crippen molar-refractivity contribution in [1.82, 2.24) is 0 Å². The molecule has 3 heteroatoms. The summed E-state index contributed by atoms with van der Waals surface area (Å²) in [6, 6.07) is 22.4. The Balaban J connectivity index is 2.11. The van der Waals surface area contributed by atoms with Crippen molar-refractivity contribution < 1.29 is 13.2 Å². The van der Waals surface area contributed by atoms with E-state index >= 15 is 0 Å². The second-order valence-electron chi connectivity index (χ2n) is 4.99. The van der Waals surface area contributed by atoms with Gasteiger partial charge in [-0.15, -0.1) is 0 Å². The van der Waals surface area contributed by atoms with E-state index in [0.717, 1.165) is 17.2 Å². The highest BCUT2D eigenvalue weighted by Gasteiger charge is 2.33. The molecular formula is C19H13F3. The standard InChI is InChI=1S/C19H13F3/c20-19(21,22)18-12-5-4-11-17(18)16-10-6-9-15(13-16)14-7-2-1-3-8-14/h1-13H. The summed E-state index contributed by atoms with van der Waals surface area (Å²) < 4.78 is 39.5. The van der Waals surface area contributed by atoms with Crippen molar-refractivity contribution in [2.24, 2.45) is 0 Å². The Labute approximate surface area is 126 Å². The molecule has 0 unspecified atom stereocenters. The van der Waals surface area contributed by atoms with Crippen LogP contribution in [0, 0.1) is 0 Å². The predicted octanol–water partition coefficient (Wildman–Crippen LogP) is 6.04. The highest BCUT2D eigenvalue weighted by Crippen LogP contribution is 2.37. The first kappa shape index (κ1) is 14.4. The summed E-state index contributed by atoms with van der Waals surface area (Å²) >= 11 is 0. The third kappa shape index (κ3) is 2.89. The fourth-order valence-corrected chi connectivity index (χ4v) is 2.48. The zero-order valence-electron chi connectivity index (χ0n) is 11.6. The molecule has 3 aromatic carbocycles. The van der Waals surface area contributed by atoms with Crippen molar-refractivity contribution in [3.8, 4) is 22.3 Å². The lowest BCUT2D eigenvalue weighted by Gasteiger charge is -2.13. The molecule has 0 aliphatic rings. The number of rotatable bonds is 2. The maximum Gasteiger partial charge on any atom is 0.417 e. The summed E-state index contributed by atoms with van der Waals surface area (Å²) in [5.74, 6) is 0. The second-order valence-corrected chi connectivity index (χ2v) is 4.99. The van der Waals surface area contributed by atoms with E-state index in [1.54, 1.807) is 24.3 Å². The number of halogens is 3. The van der Waals surface area contributed by atoms with E-state index in [1.807, 2.05) is 36.4 Å². The third-order valence-electron chi connectivity index (χ3n) is 3.51. The lowest BCUT2D eigenvalue weighted by Crippen LogP contribution is -2.06. The number of hydrogen-bond donors (Lipinski definition) is 0. The molecule has 0 spiro atoms. The molecule has 0 N–H and O–H groups in total. The van der Waals surface area contributed by atoms with Gasteiger partial charge in [0.15, 0.2) is 0 Å². The molecule has 0 aromatic heterocycles. The molecule has 0 atom stereocenters. The molecule has 0 radical (unpaired) electrons. The van der Waals surface area contributed by atoms with Crippen molar-refractivity contribution in [2.45, 2.75) is 6.18 Å². The molecule has 0 amide bonds. The van der Waals surface area contributed by atoms with Crippen LogP contribution in [0.25, 0.3) is 22.3 Å². The lowest BCUT2D eigenvalue weighted by molar-refractivity contribution is -0.137. The fourth-order valence-electron chi connectivity index (χ4n) is 2.48. The predicted molar refractivity (Wildman–Crippen MR) is 82.3 cm³/mol. The molecule has 110 valence electrons. The molecular weight excluding hydrogens is 285 g/mol. The van der Waals surface area contributed by atoms with Crippen molar-refractivity contribution in [3.05, 3.63) is 84.4 Å². The van der Waals surface area contributed by atoms with Crippen molar-refractivity contribution >= 4 is 0 Å². The zero-order chi connectivity index (χ0) is 15.6. The van der Waals surface area contributed by atoms with Crippen LogP contribution in [0.1, 0.15) is 5.56 Å². The molecule has 22 heavy (non-hydrogen) atoms. The van der Waals surface area contributed by atoms with Gasteiger partial charge in [-0.3, -0.25) is 0 Å². The van der Waals surface area contributed by atoms with E-state index in [9.17, 15) is 13.2 Å². The topological polar surface area (TPSA) is 0 Å². The maximum absolute atomic E-state index is 13.2. The van der Waals surface area contributed by atoms with Gasteiger partial charge < -0.3 is 0 Å². The summed E-state index contributed by atoms with van der Waals surface area (Å²) in [7, 11) is 0. The minimum absolute atomic E-state index is 0.202. The van der Waals surface area contributed by atoms with Gasteiger partial charge in [0.1, 0.15) is 0 Å². The van der Waals surface area contributed by atoms with Gasteiger partial charge in [0, 0.05) is 0 Å². The number of hydrogen-bond acceptors (Lipinski definition) is 0. The summed E-state index contributed by atoms with van der Waals surface area (Å²) in [4.78, 5) is 0. The van der Waals surface area contributed by atoms with Gasteiger partial charge in [0.2, 0.25) is 0 Å². The molecule has 3 aromatic rings. The Morgan fingerprint density at radius 2 is 1.14 bits per heavy atom. The van der Waals surface area contributed by atoms with E-state index in [4.69, 9.17) is 0 Å². The van der Waals surface area contributed by atoms with Gasteiger partial charge in [-0.2, -0.15) is 13.2 Å². The maximum atomic E-state index is 13.2. The quantitative estimate of drug-likeness (QED) is 0.541. The highest BCUT2D eigenvalue weighted by atomic mass is 19.4. The first-order valence-electron chi connectivity index (χ1n) is 6.88. The Hall–Kier alpha value is -2.55. The Bertz CT molecular complexity index is 774. The van der Waals surface area contributed by atoms with Crippen molar-refractivity contribution in [2.75, 3.05) is 0 Å². The lowest BCUT2D eigenvalue weighted by atomic mass is 9.96. The molecule has 0 bridgehead atoms. The van der Waals surface area contributed by atoms with Crippen molar-refractivity contribution in [3.63, 3.8) is 0 Å². The summed E-state index contributed by atoms with van der Waals surface area (Å²) in [6.07, 6.45) is -4.36. The van der Waals surface area contributed by atoms with Crippen LogP contribution in [-0.4, -0.2) is 0 Å². The number of benzene rings is 3. The zero-order valence-corrected chi connectivity index (χ0v) is 11.6. The van der Waals surface area contributed by atoms with Gasteiger partial charge in [-0.25, -0.2) is 0 Å². The van der Waals surface area contributed by atoms with Gasteiger partial charge in [-0.05, 0) is 34.4 Å². The Morgan fingerprint density at radius 3 is 1.86 bits per heavy atom. The molecule has 0 heterocycles. The monoisotopic (exact) mass is 298 g/mol. The van der Waals surface area contributed by atoms with Gasteiger partial charge >= 0.3 is 6.18 Å². The summed E-state index contributed by atoms with van der Waals surface area (Å²) in [5, 5.41) is 0. The molecule has 0 aliphatic heterocycles. The average molecular weight is 298 g/mol. The van der Waals surface area contributed by atoms with Crippen LogP contribution in [0.15, 0.2) is 78.9 Å². The highest BCUT2D eigenvalue weighted by molar-refractivity contribution is 5.75. The van der Waals surface area contributed by atoms with Crippen LogP contribution in [0.2, 0.25) is 0 Å². The molecule has 0 nitrogen and oxygen atoms in total. The third-order valence-corrected chi connectivity index (χ3v) is 3.51. The molecule has 0 saturated heterocycles. The van der Waals surface area contributed by atoms with E-state index < -0.39 is 11.7 Å². The molecule has 3 rings (SSSR count). The van der Waals surface area contributed by atoms with Crippen LogP contribution in [0.3, 0.4) is 0 Å². The summed E-state index contributed by atoms with van der Waals surface area (Å²) in [5.41, 5.74) is 2.03. The fraction of sp³-hybridized carbons (Fsp3) is 0.0526. The van der Waals surface area contributed by atoms with Gasteiger partial charge in [0.05, 0.1) is 5.56 Å². The second kappa shape index (κ2) is 5.68. The Morgan fingerprint density at radius 1 is 0.545 bits per heavy atom. The van der Waals surface area contributed by atoms with E-state index in [2.05, 4.69) is 0 Å². The average Bonchev–Trinajstić information content (AvgIpc) is 2.55. The van der Waals surface area contributed by atoms with Crippen LogP contribution >= 0.6 is 0 Å². The van der Waals surface area contributed by atoms with E-state index in [1.165, 1.54) is 12.1 Å². The molecule has 0 fully saturated rings. The largest absolute Gasteiger partial charge is 0.417 e. The number of alkyl halides is 3. The van der Waals surface area contributed by atoms with Crippen LogP contribution in [0.4, 0.5) is 13.2 Å². The minimum atomic E-state index is -4.36. The molecule has 0 saturated carbocycles. The van der Waals surface area contributed by atoms with Crippen molar-refractivity contribution in [1.29, 1.82) is 0 Å². The van der Waals surface area contributed by atoms with Gasteiger partial charge in [-0.1, -0.05) is 66.7 Å². The van der Waals surface area contributed by atoms with Crippen LogP contribution in [-0.2, 0) is 6.18 Å². The smallest absolute Gasteiger partial charge is 0.166 e. The van der Waals surface area contributed by atoms with Gasteiger partial charge in [0.25, 0.3) is 0 Å². The van der Waals surface area contributed by atoms with E-state index in [-0.39, 0.29) is 5.56 Å². The first-order chi connectivity index (χ1) is 10.6.